The van der Waals surface area contributed by atoms with Gasteiger partial charge in [0.05, 0.1) is 0 Å². The summed E-state index contributed by atoms with van der Waals surface area (Å²) in [4.78, 5) is 2.32. The lowest BCUT2D eigenvalue weighted by molar-refractivity contribution is 0.161. The summed E-state index contributed by atoms with van der Waals surface area (Å²) in [5, 5.41) is 3.34. The molecule has 1 aromatic rings. The molecule has 0 saturated carbocycles. The van der Waals surface area contributed by atoms with Crippen LogP contribution in [0, 0.1) is 5.92 Å². The summed E-state index contributed by atoms with van der Waals surface area (Å²) >= 11 is 0. The molecule has 0 radical (unpaired) electrons. The van der Waals surface area contributed by atoms with E-state index in [0.29, 0.717) is 6.04 Å². The molecule has 0 aromatic heterocycles. The molecule has 1 heterocycles. The maximum atomic E-state index is 3.34. The van der Waals surface area contributed by atoms with Crippen LogP contribution < -0.4 is 5.32 Å². The van der Waals surface area contributed by atoms with E-state index in [9.17, 15) is 0 Å². The quantitative estimate of drug-likeness (QED) is 0.777. The van der Waals surface area contributed by atoms with Crippen LogP contribution in [0.3, 0.4) is 0 Å². The smallest absolute Gasteiger partial charge is 0.0394 e. The summed E-state index contributed by atoms with van der Waals surface area (Å²) in [6.45, 7) is 2.30. The van der Waals surface area contributed by atoms with Gasteiger partial charge >= 0.3 is 0 Å². The van der Waals surface area contributed by atoms with E-state index in [1.165, 1.54) is 5.56 Å². The van der Waals surface area contributed by atoms with E-state index in [1.807, 2.05) is 0 Å². The van der Waals surface area contributed by atoms with Crippen LogP contribution in [-0.4, -0.2) is 32.1 Å². The van der Waals surface area contributed by atoms with E-state index in [0.717, 1.165) is 19.0 Å². The minimum Gasteiger partial charge on any atom is -0.316 e. The lowest BCUT2D eigenvalue weighted by Crippen LogP contribution is -2.48. The minimum atomic E-state index is 0.567. The molecule has 1 fully saturated rings. The Morgan fingerprint density at radius 2 is 1.86 bits per heavy atom. The second kappa shape index (κ2) is 4.11. The highest BCUT2D eigenvalue weighted by molar-refractivity contribution is 5.20. The molecule has 2 rings (SSSR count). The normalized spacial score (nSPS) is 19.4. The minimum absolute atomic E-state index is 0.567. The van der Waals surface area contributed by atoms with Crippen LogP contribution >= 0.6 is 0 Å². The molecule has 1 atom stereocenters. The van der Waals surface area contributed by atoms with E-state index in [2.05, 4.69) is 54.6 Å². The van der Waals surface area contributed by atoms with Crippen molar-refractivity contribution in [2.24, 2.45) is 5.92 Å². The van der Waals surface area contributed by atoms with E-state index in [4.69, 9.17) is 0 Å². The molecule has 76 valence electrons. The second-order valence-electron chi connectivity index (χ2n) is 4.24. The number of hydrogen-bond donors (Lipinski definition) is 1. The third kappa shape index (κ3) is 1.81. The number of benzene rings is 1. The fraction of sp³-hybridized carbons (Fsp3) is 0.500. The van der Waals surface area contributed by atoms with Gasteiger partial charge in [-0.3, -0.25) is 0 Å². The highest BCUT2D eigenvalue weighted by Crippen LogP contribution is 2.28. The number of hydrogen-bond acceptors (Lipinski definition) is 2. The summed E-state index contributed by atoms with van der Waals surface area (Å²) in [5.74, 6) is 0.771. The highest BCUT2D eigenvalue weighted by atomic mass is 15.1. The van der Waals surface area contributed by atoms with Gasteiger partial charge in [-0.2, -0.15) is 0 Å². The van der Waals surface area contributed by atoms with Crippen LogP contribution in [0.1, 0.15) is 11.6 Å². The van der Waals surface area contributed by atoms with Crippen molar-refractivity contribution in [2.75, 3.05) is 27.2 Å². The van der Waals surface area contributed by atoms with Gasteiger partial charge in [0, 0.05) is 25.0 Å². The number of nitrogens with zero attached hydrogens (tertiary/aromatic N) is 1. The average molecular weight is 190 g/mol. The Bertz CT molecular complexity index is 278. The molecule has 1 N–H and O–H groups in total. The monoisotopic (exact) mass is 190 g/mol. The topological polar surface area (TPSA) is 15.3 Å². The molecule has 1 aliphatic heterocycles. The zero-order valence-electron chi connectivity index (χ0n) is 8.90. The van der Waals surface area contributed by atoms with E-state index in [-0.39, 0.29) is 0 Å². The van der Waals surface area contributed by atoms with Crippen molar-refractivity contribution in [3.8, 4) is 0 Å². The first kappa shape index (κ1) is 9.69. The van der Waals surface area contributed by atoms with Gasteiger partial charge in [-0.05, 0) is 19.7 Å². The van der Waals surface area contributed by atoms with Crippen molar-refractivity contribution in [1.82, 2.24) is 10.2 Å². The van der Waals surface area contributed by atoms with E-state index >= 15 is 0 Å². The Morgan fingerprint density at radius 3 is 2.29 bits per heavy atom. The van der Waals surface area contributed by atoms with Crippen molar-refractivity contribution in [3.05, 3.63) is 35.9 Å². The predicted octanol–water partition coefficient (Wildman–Crippen LogP) is 1.51. The number of nitrogens with one attached hydrogen (secondary N) is 1. The maximum absolute atomic E-state index is 3.34. The molecule has 1 aliphatic rings. The SMILES string of the molecule is CN(C)C(c1ccccc1)C1CNC1. The van der Waals surface area contributed by atoms with Crippen molar-refractivity contribution in [1.29, 1.82) is 0 Å². The summed E-state index contributed by atoms with van der Waals surface area (Å²) < 4.78 is 0. The molecule has 1 unspecified atom stereocenters. The van der Waals surface area contributed by atoms with Gasteiger partial charge in [0.2, 0.25) is 0 Å². The van der Waals surface area contributed by atoms with Crippen LogP contribution in [0.4, 0.5) is 0 Å². The number of rotatable bonds is 3. The average Bonchev–Trinajstić information content (AvgIpc) is 2.12. The first-order valence-electron chi connectivity index (χ1n) is 5.21. The van der Waals surface area contributed by atoms with Crippen molar-refractivity contribution >= 4 is 0 Å². The van der Waals surface area contributed by atoms with Crippen molar-refractivity contribution < 1.29 is 0 Å². The molecule has 2 nitrogen and oxygen atoms in total. The highest BCUT2D eigenvalue weighted by Gasteiger charge is 2.29. The Hall–Kier alpha value is -0.860. The van der Waals surface area contributed by atoms with Crippen molar-refractivity contribution in [2.45, 2.75) is 6.04 Å². The molecule has 0 amide bonds. The molecule has 0 spiro atoms. The third-order valence-corrected chi connectivity index (χ3v) is 2.96. The van der Waals surface area contributed by atoms with Gasteiger partial charge in [0.1, 0.15) is 0 Å². The molecule has 1 saturated heterocycles. The van der Waals surface area contributed by atoms with Crippen LogP contribution in [0.2, 0.25) is 0 Å². The maximum Gasteiger partial charge on any atom is 0.0394 e. The van der Waals surface area contributed by atoms with Crippen LogP contribution in [0.15, 0.2) is 30.3 Å². The van der Waals surface area contributed by atoms with Gasteiger partial charge in [0.15, 0.2) is 0 Å². The largest absolute Gasteiger partial charge is 0.316 e. The van der Waals surface area contributed by atoms with Gasteiger partial charge in [-0.1, -0.05) is 30.3 Å². The molecule has 1 aromatic carbocycles. The molecular formula is C12H18N2. The summed E-state index contributed by atoms with van der Waals surface area (Å²) in [7, 11) is 4.33. The summed E-state index contributed by atoms with van der Waals surface area (Å²) in [6.07, 6.45) is 0. The zero-order chi connectivity index (χ0) is 9.97. The summed E-state index contributed by atoms with van der Waals surface area (Å²) in [6, 6.07) is 11.3. The van der Waals surface area contributed by atoms with E-state index in [1.54, 1.807) is 0 Å². The van der Waals surface area contributed by atoms with Gasteiger partial charge in [-0.15, -0.1) is 0 Å². The molecular weight excluding hydrogens is 172 g/mol. The van der Waals surface area contributed by atoms with Gasteiger partial charge in [-0.25, -0.2) is 0 Å². The predicted molar refractivity (Wildman–Crippen MR) is 59.2 cm³/mol. The Kier molecular flexibility index (Phi) is 2.85. The Morgan fingerprint density at radius 1 is 1.21 bits per heavy atom. The molecule has 2 heteroatoms. The molecule has 14 heavy (non-hydrogen) atoms. The lowest BCUT2D eigenvalue weighted by Gasteiger charge is -2.38. The molecule has 0 bridgehead atoms. The fourth-order valence-corrected chi connectivity index (χ4v) is 2.18. The Labute approximate surface area is 85.9 Å². The van der Waals surface area contributed by atoms with Crippen LogP contribution in [0.25, 0.3) is 0 Å². The van der Waals surface area contributed by atoms with E-state index < -0.39 is 0 Å². The standard InChI is InChI=1S/C12H18N2/c1-14(2)12(11-8-13-9-11)10-6-4-3-5-7-10/h3-7,11-13H,8-9H2,1-2H3. The zero-order valence-corrected chi connectivity index (χ0v) is 8.90. The van der Waals surface area contributed by atoms with Crippen LogP contribution in [0.5, 0.6) is 0 Å². The van der Waals surface area contributed by atoms with Gasteiger partial charge < -0.3 is 10.2 Å². The first-order valence-corrected chi connectivity index (χ1v) is 5.21. The van der Waals surface area contributed by atoms with Crippen molar-refractivity contribution in [3.63, 3.8) is 0 Å². The fourth-order valence-electron chi connectivity index (χ4n) is 2.18. The second-order valence-corrected chi connectivity index (χ2v) is 4.24. The first-order chi connectivity index (χ1) is 6.79. The lowest BCUT2D eigenvalue weighted by atomic mass is 9.88. The van der Waals surface area contributed by atoms with Gasteiger partial charge in [0.25, 0.3) is 0 Å². The third-order valence-electron chi connectivity index (χ3n) is 2.96. The summed E-state index contributed by atoms with van der Waals surface area (Å²) in [5.41, 5.74) is 1.43. The van der Waals surface area contributed by atoms with Crippen LogP contribution in [-0.2, 0) is 0 Å². The molecule has 0 aliphatic carbocycles. The Balaban J connectivity index is 2.18.